The van der Waals surface area contributed by atoms with E-state index in [-0.39, 0.29) is 17.5 Å². The maximum atomic E-state index is 11.0. The number of hydrogen-bond donors (Lipinski definition) is 1. The third-order valence-electron chi connectivity index (χ3n) is 3.74. The molecule has 1 aliphatic rings. The van der Waals surface area contributed by atoms with Crippen LogP contribution in [0.15, 0.2) is 18.3 Å². The van der Waals surface area contributed by atoms with E-state index in [1.54, 1.807) is 23.9 Å². The number of nitro groups is 1. The third-order valence-corrected chi connectivity index (χ3v) is 3.74. The topological polar surface area (TPSA) is 90.4 Å². The fraction of sp³-hybridized carbons (Fsp3) is 0.462. The highest BCUT2D eigenvalue weighted by atomic mass is 16.6. The van der Waals surface area contributed by atoms with Crippen LogP contribution in [0.1, 0.15) is 25.8 Å². The van der Waals surface area contributed by atoms with E-state index < -0.39 is 10.5 Å². The third kappa shape index (κ3) is 2.00. The molecule has 1 fully saturated rings. The molecule has 0 aliphatic heterocycles. The van der Waals surface area contributed by atoms with Gasteiger partial charge in [0.05, 0.1) is 29.2 Å². The highest BCUT2D eigenvalue weighted by Crippen LogP contribution is 2.41. The van der Waals surface area contributed by atoms with Crippen LogP contribution in [-0.4, -0.2) is 32.5 Å². The summed E-state index contributed by atoms with van der Waals surface area (Å²) in [7, 11) is 1.40. The zero-order chi connectivity index (χ0) is 14.5. The maximum Gasteiger partial charge on any atom is 0.311 e. The Balaban J connectivity index is 2.01. The van der Waals surface area contributed by atoms with Crippen molar-refractivity contribution in [3.63, 3.8) is 0 Å². The fourth-order valence-electron chi connectivity index (χ4n) is 2.70. The number of hydrogen-bond acceptors (Lipinski definition) is 5. The number of nitrogens with zero attached hydrogens (tertiary/aromatic N) is 3. The van der Waals surface area contributed by atoms with Crippen molar-refractivity contribution in [2.75, 3.05) is 7.11 Å². The van der Waals surface area contributed by atoms with Crippen molar-refractivity contribution < 1.29 is 14.8 Å². The number of fused-ring (bicyclic) bond motifs is 1. The van der Waals surface area contributed by atoms with Crippen molar-refractivity contribution in [1.29, 1.82) is 0 Å². The summed E-state index contributed by atoms with van der Waals surface area (Å²) in [6, 6.07) is 3.18. The van der Waals surface area contributed by atoms with E-state index in [4.69, 9.17) is 4.74 Å². The molecule has 0 bridgehead atoms. The minimum absolute atomic E-state index is 0.0693. The zero-order valence-corrected chi connectivity index (χ0v) is 11.2. The van der Waals surface area contributed by atoms with Gasteiger partial charge in [-0.05, 0) is 19.8 Å². The molecule has 0 amide bonds. The van der Waals surface area contributed by atoms with E-state index in [2.05, 4.69) is 5.10 Å². The Labute approximate surface area is 114 Å². The SMILES string of the molecule is COc1cc2nn(C3CC(C)(O)C3)cc2cc1[N+](=O)[O-]. The second-order valence-corrected chi connectivity index (χ2v) is 5.51. The summed E-state index contributed by atoms with van der Waals surface area (Å²) in [6.45, 7) is 1.79. The Kier molecular flexibility index (Phi) is 2.68. The molecule has 0 saturated heterocycles. The molecule has 20 heavy (non-hydrogen) atoms. The fourth-order valence-corrected chi connectivity index (χ4v) is 2.70. The van der Waals surface area contributed by atoms with Gasteiger partial charge in [-0.2, -0.15) is 5.10 Å². The Morgan fingerprint density at radius 1 is 1.55 bits per heavy atom. The summed E-state index contributed by atoms with van der Waals surface area (Å²) >= 11 is 0. The molecule has 7 nitrogen and oxygen atoms in total. The van der Waals surface area contributed by atoms with Crippen LogP contribution >= 0.6 is 0 Å². The van der Waals surface area contributed by atoms with Crippen LogP contribution < -0.4 is 4.74 Å². The molecule has 3 rings (SSSR count). The molecule has 1 aliphatic carbocycles. The first-order valence-electron chi connectivity index (χ1n) is 6.33. The minimum Gasteiger partial charge on any atom is -0.490 e. The van der Waals surface area contributed by atoms with Gasteiger partial charge in [-0.25, -0.2) is 0 Å². The van der Waals surface area contributed by atoms with Gasteiger partial charge in [0.1, 0.15) is 0 Å². The Bertz CT molecular complexity index is 684. The quantitative estimate of drug-likeness (QED) is 0.684. The monoisotopic (exact) mass is 277 g/mol. The summed E-state index contributed by atoms with van der Waals surface area (Å²) in [6.07, 6.45) is 3.06. The summed E-state index contributed by atoms with van der Waals surface area (Å²) in [5, 5.41) is 25.9. The molecule has 7 heteroatoms. The predicted octanol–water partition coefficient (Wildman–Crippen LogP) is 2.04. The lowest BCUT2D eigenvalue weighted by molar-refractivity contribution is -0.385. The minimum atomic E-state index is -0.632. The number of aromatic nitrogens is 2. The van der Waals surface area contributed by atoms with E-state index >= 15 is 0 Å². The standard InChI is InChI=1S/C13H15N3O4/c1-13(17)5-9(6-13)15-7-8-3-11(16(18)19)12(20-2)4-10(8)14-15/h3-4,7,9,17H,5-6H2,1-2H3. The van der Waals surface area contributed by atoms with Crippen molar-refractivity contribution in [3.05, 3.63) is 28.4 Å². The van der Waals surface area contributed by atoms with E-state index in [1.165, 1.54) is 13.2 Å². The molecular weight excluding hydrogens is 262 g/mol. The molecule has 1 saturated carbocycles. The van der Waals surface area contributed by atoms with Gasteiger partial charge in [0, 0.05) is 23.7 Å². The van der Waals surface area contributed by atoms with Crippen molar-refractivity contribution in [2.24, 2.45) is 0 Å². The van der Waals surface area contributed by atoms with Gasteiger partial charge in [-0.1, -0.05) is 0 Å². The molecular formula is C13H15N3O4. The first kappa shape index (κ1) is 12.9. The van der Waals surface area contributed by atoms with Crippen LogP contribution in [0.2, 0.25) is 0 Å². The molecule has 0 radical (unpaired) electrons. The molecule has 1 heterocycles. The van der Waals surface area contributed by atoms with Crippen molar-refractivity contribution in [1.82, 2.24) is 9.78 Å². The predicted molar refractivity (Wildman–Crippen MR) is 71.8 cm³/mol. The van der Waals surface area contributed by atoms with Crippen molar-refractivity contribution >= 4 is 16.6 Å². The summed E-state index contributed by atoms with van der Waals surface area (Å²) < 4.78 is 6.80. The van der Waals surface area contributed by atoms with Gasteiger partial charge in [0.25, 0.3) is 0 Å². The highest BCUT2D eigenvalue weighted by Gasteiger charge is 2.40. The molecule has 106 valence electrons. The number of aliphatic hydroxyl groups is 1. The van der Waals surface area contributed by atoms with Gasteiger partial charge in [-0.15, -0.1) is 0 Å². The van der Waals surface area contributed by atoms with Gasteiger partial charge >= 0.3 is 5.69 Å². The largest absolute Gasteiger partial charge is 0.490 e. The van der Waals surface area contributed by atoms with Crippen molar-refractivity contribution in [2.45, 2.75) is 31.4 Å². The Morgan fingerprint density at radius 3 is 2.80 bits per heavy atom. The van der Waals surface area contributed by atoms with Gasteiger partial charge in [0.2, 0.25) is 0 Å². The molecule has 2 aromatic rings. The first-order chi connectivity index (χ1) is 9.39. The molecule has 1 aromatic heterocycles. The van der Waals surface area contributed by atoms with E-state index in [0.717, 1.165) is 0 Å². The van der Waals surface area contributed by atoms with Crippen LogP contribution in [0.5, 0.6) is 5.75 Å². The van der Waals surface area contributed by atoms with E-state index in [1.807, 2.05) is 0 Å². The molecule has 0 atom stereocenters. The molecule has 1 N–H and O–H groups in total. The number of ether oxygens (including phenoxy) is 1. The average molecular weight is 277 g/mol. The number of nitro benzene ring substituents is 1. The normalized spacial score (nSPS) is 25.4. The Hall–Kier alpha value is -2.15. The molecule has 1 aromatic carbocycles. The maximum absolute atomic E-state index is 11.0. The number of rotatable bonds is 3. The van der Waals surface area contributed by atoms with Gasteiger partial charge < -0.3 is 9.84 Å². The van der Waals surface area contributed by atoms with E-state index in [9.17, 15) is 15.2 Å². The highest BCUT2D eigenvalue weighted by molar-refractivity contribution is 5.83. The number of benzene rings is 1. The van der Waals surface area contributed by atoms with Crippen LogP contribution in [0, 0.1) is 10.1 Å². The lowest BCUT2D eigenvalue weighted by atomic mass is 9.77. The lowest BCUT2D eigenvalue weighted by Gasteiger charge is -2.40. The van der Waals surface area contributed by atoms with Gasteiger partial charge in [-0.3, -0.25) is 14.8 Å². The summed E-state index contributed by atoms with van der Waals surface area (Å²) in [5.41, 5.74) is -0.0499. The second kappa shape index (κ2) is 4.17. The summed E-state index contributed by atoms with van der Waals surface area (Å²) in [5.74, 6) is 0.202. The van der Waals surface area contributed by atoms with Crippen LogP contribution in [0.3, 0.4) is 0 Å². The first-order valence-corrected chi connectivity index (χ1v) is 6.33. The second-order valence-electron chi connectivity index (χ2n) is 5.51. The number of methoxy groups -OCH3 is 1. The van der Waals surface area contributed by atoms with E-state index in [0.29, 0.717) is 23.7 Å². The van der Waals surface area contributed by atoms with Crippen LogP contribution in [-0.2, 0) is 0 Å². The van der Waals surface area contributed by atoms with Crippen LogP contribution in [0.25, 0.3) is 10.9 Å². The van der Waals surface area contributed by atoms with Crippen molar-refractivity contribution in [3.8, 4) is 5.75 Å². The summed E-state index contributed by atoms with van der Waals surface area (Å²) in [4.78, 5) is 10.5. The smallest absolute Gasteiger partial charge is 0.311 e. The average Bonchev–Trinajstić information content (AvgIpc) is 2.76. The zero-order valence-electron chi connectivity index (χ0n) is 11.2. The van der Waals surface area contributed by atoms with Gasteiger partial charge in [0.15, 0.2) is 5.75 Å². The molecule has 0 unspecified atom stereocenters. The molecule has 0 spiro atoms. The lowest BCUT2D eigenvalue weighted by Crippen LogP contribution is -2.42. The Morgan fingerprint density at radius 2 is 2.25 bits per heavy atom. The van der Waals surface area contributed by atoms with Crippen LogP contribution in [0.4, 0.5) is 5.69 Å².